The highest BCUT2D eigenvalue weighted by Crippen LogP contribution is 2.21. The molecule has 0 radical (unpaired) electrons. The molecular formula is C14H17N3O2. The molecule has 0 aliphatic carbocycles. The number of nitrogens with zero attached hydrogens (tertiary/aromatic N) is 3. The lowest BCUT2D eigenvalue weighted by molar-refractivity contribution is 0.100. The predicted molar refractivity (Wildman–Crippen MR) is 73.4 cm³/mol. The van der Waals surface area contributed by atoms with E-state index in [1.54, 1.807) is 36.3 Å². The lowest BCUT2D eigenvalue weighted by Crippen LogP contribution is -2.21. The van der Waals surface area contributed by atoms with Crippen molar-refractivity contribution in [2.45, 2.75) is 20.8 Å². The van der Waals surface area contributed by atoms with Crippen molar-refractivity contribution in [3.63, 3.8) is 0 Å². The Balaban J connectivity index is 2.73. The van der Waals surface area contributed by atoms with Crippen LogP contribution in [0.25, 0.3) is 11.4 Å². The van der Waals surface area contributed by atoms with Crippen LogP contribution in [0, 0.1) is 13.8 Å². The van der Waals surface area contributed by atoms with Crippen LogP contribution >= 0.6 is 0 Å². The van der Waals surface area contributed by atoms with Crippen LogP contribution in [0.1, 0.15) is 28.5 Å². The molecule has 2 heterocycles. The summed E-state index contributed by atoms with van der Waals surface area (Å²) in [5, 5.41) is 4.33. The van der Waals surface area contributed by atoms with E-state index < -0.39 is 0 Å². The third-order valence-corrected chi connectivity index (χ3v) is 3.27. The molecule has 0 spiro atoms. The maximum Gasteiger partial charge on any atom is 0.253 e. The molecule has 0 N–H and O–H groups in total. The van der Waals surface area contributed by atoms with Gasteiger partial charge < -0.3 is 4.57 Å². The van der Waals surface area contributed by atoms with Gasteiger partial charge in [-0.3, -0.25) is 14.3 Å². The molecule has 0 amide bonds. The Morgan fingerprint density at radius 3 is 2.32 bits per heavy atom. The van der Waals surface area contributed by atoms with E-state index in [0.29, 0.717) is 17.0 Å². The minimum absolute atomic E-state index is 0.0454. The molecule has 0 aliphatic heterocycles. The second-order valence-corrected chi connectivity index (χ2v) is 4.82. The van der Waals surface area contributed by atoms with Crippen molar-refractivity contribution in [3.8, 4) is 11.4 Å². The van der Waals surface area contributed by atoms with Gasteiger partial charge in [-0.05, 0) is 31.5 Å². The van der Waals surface area contributed by atoms with Crippen LogP contribution < -0.4 is 5.56 Å². The maximum absolute atomic E-state index is 12.0. The average Bonchev–Trinajstić information content (AvgIpc) is 2.68. The molecule has 0 saturated carbocycles. The van der Waals surface area contributed by atoms with Gasteiger partial charge in [0.15, 0.2) is 5.78 Å². The first-order chi connectivity index (χ1) is 8.82. The lowest BCUT2D eigenvalue weighted by atomic mass is 10.1. The van der Waals surface area contributed by atoms with E-state index in [4.69, 9.17) is 0 Å². The fraction of sp³-hybridized carbons (Fsp3) is 0.357. The zero-order chi connectivity index (χ0) is 14.3. The number of ketones is 1. The van der Waals surface area contributed by atoms with Gasteiger partial charge >= 0.3 is 0 Å². The van der Waals surface area contributed by atoms with Crippen molar-refractivity contribution in [3.05, 3.63) is 39.3 Å². The van der Waals surface area contributed by atoms with E-state index in [2.05, 4.69) is 5.10 Å². The molecule has 2 rings (SSSR count). The molecule has 0 aliphatic rings. The first-order valence-corrected chi connectivity index (χ1v) is 6.05. The summed E-state index contributed by atoms with van der Waals surface area (Å²) in [6.07, 6.45) is 0. The highest BCUT2D eigenvalue weighted by molar-refractivity contribution is 5.93. The summed E-state index contributed by atoms with van der Waals surface area (Å²) in [5.74, 6) is -0.0454. The largest absolute Gasteiger partial charge is 0.309 e. The van der Waals surface area contributed by atoms with Crippen LogP contribution in [0.2, 0.25) is 0 Å². The molecule has 19 heavy (non-hydrogen) atoms. The number of aryl methyl sites for hydroxylation is 3. The third-order valence-electron chi connectivity index (χ3n) is 3.27. The van der Waals surface area contributed by atoms with Crippen molar-refractivity contribution in [1.82, 2.24) is 14.3 Å². The number of rotatable bonds is 2. The number of carbonyl (C=O) groups excluding carboxylic acids is 1. The Hall–Kier alpha value is -2.17. The zero-order valence-corrected chi connectivity index (χ0v) is 11.8. The Morgan fingerprint density at radius 1 is 1.16 bits per heavy atom. The van der Waals surface area contributed by atoms with Crippen LogP contribution in [-0.4, -0.2) is 20.1 Å². The van der Waals surface area contributed by atoms with Gasteiger partial charge in [0.2, 0.25) is 0 Å². The van der Waals surface area contributed by atoms with E-state index in [0.717, 1.165) is 11.3 Å². The molecule has 5 heteroatoms. The molecule has 0 saturated heterocycles. The summed E-state index contributed by atoms with van der Waals surface area (Å²) in [6, 6.07) is 3.57. The van der Waals surface area contributed by atoms with Crippen LogP contribution in [0.5, 0.6) is 0 Å². The zero-order valence-electron chi connectivity index (χ0n) is 11.8. The Bertz CT molecular complexity index is 723. The van der Waals surface area contributed by atoms with Crippen molar-refractivity contribution in [2.24, 2.45) is 14.1 Å². The van der Waals surface area contributed by atoms with Gasteiger partial charge in [0.05, 0.1) is 5.69 Å². The van der Waals surface area contributed by atoms with Crippen LogP contribution in [0.4, 0.5) is 0 Å². The Kier molecular flexibility index (Phi) is 3.14. The van der Waals surface area contributed by atoms with Gasteiger partial charge in [-0.2, -0.15) is 5.10 Å². The minimum Gasteiger partial charge on any atom is -0.309 e. The molecule has 100 valence electrons. The molecule has 0 unspecified atom stereocenters. The van der Waals surface area contributed by atoms with Crippen molar-refractivity contribution in [2.75, 3.05) is 0 Å². The fourth-order valence-corrected chi connectivity index (χ4v) is 2.37. The Labute approximate surface area is 111 Å². The summed E-state index contributed by atoms with van der Waals surface area (Å²) >= 11 is 0. The van der Waals surface area contributed by atoms with Gasteiger partial charge in [0.1, 0.15) is 11.4 Å². The van der Waals surface area contributed by atoms with Gasteiger partial charge in [0, 0.05) is 26.6 Å². The molecule has 2 aromatic heterocycles. The normalized spacial score (nSPS) is 10.8. The number of hydrogen-bond donors (Lipinski definition) is 0. The van der Waals surface area contributed by atoms with Gasteiger partial charge in [-0.15, -0.1) is 0 Å². The first-order valence-electron chi connectivity index (χ1n) is 6.05. The molecule has 0 bridgehead atoms. The Morgan fingerprint density at radius 2 is 1.79 bits per heavy atom. The topological polar surface area (TPSA) is 56.9 Å². The highest BCUT2D eigenvalue weighted by Gasteiger charge is 2.15. The molecular weight excluding hydrogens is 242 g/mol. The second kappa shape index (κ2) is 4.50. The van der Waals surface area contributed by atoms with E-state index in [1.165, 1.54) is 6.92 Å². The smallest absolute Gasteiger partial charge is 0.253 e. The monoisotopic (exact) mass is 259 g/mol. The maximum atomic E-state index is 12.0. The van der Waals surface area contributed by atoms with E-state index in [-0.39, 0.29) is 11.3 Å². The first kappa shape index (κ1) is 13.3. The third kappa shape index (κ3) is 2.12. The predicted octanol–water partition coefficient (Wildman–Crippen LogP) is 1.61. The van der Waals surface area contributed by atoms with Gasteiger partial charge in [-0.1, -0.05) is 0 Å². The fourth-order valence-electron chi connectivity index (χ4n) is 2.37. The highest BCUT2D eigenvalue weighted by atomic mass is 16.1. The number of Topliss-reactive ketones (excluding diaryl/α,β-unsaturated/α-hetero) is 1. The molecule has 0 aromatic carbocycles. The number of aromatic nitrogens is 3. The van der Waals surface area contributed by atoms with Crippen molar-refractivity contribution < 1.29 is 4.79 Å². The molecule has 5 nitrogen and oxygen atoms in total. The van der Waals surface area contributed by atoms with Crippen LogP contribution in [0.15, 0.2) is 16.9 Å². The van der Waals surface area contributed by atoms with Crippen molar-refractivity contribution in [1.29, 1.82) is 0 Å². The summed E-state index contributed by atoms with van der Waals surface area (Å²) in [5.41, 5.74) is 3.54. The molecule has 2 aromatic rings. The quantitative estimate of drug-likeness (QED) is 0.770. The van der Waals surface area contributed by atoms with Gasteiger partial charge in [-0.25, -0.2) is 0 Å². The standard InChI is InChI=1S/C14H17N3O2/c1-8-6-9(2)14(19)16(4)13(8)11-7-12(10(3)18)17(5)15-11/h6-7H,1-5H3. The van der Waals surface area contributed by atoms with Crippen LogP contribution in [0.3, 0.4) is 0 Å². The number of hydrogen-bond acceptors (Lipinski definition) is 3. The van der Waals surface area contributed by atoms with Crippen molar-refractivity contribution >= 4 is 5.78 Å². The van der Waals surface area contributed by atoms with Gasteiger partial charge in [0.25, 0.3) is 5.56 Å². The van der Waals surface area contributed by atoms with E-state index in [9.17, 15) is 9.59 Å². The average molecular weight is 259 g/mol. The lowest BCUT2D eigenvalue weighted by Gasteiger charge is -2.10. The summed E-state index contributed by atoms with van der Waals surface area (Å²) in [4.78, 5) is 23.5. The van der Waals surface area contributed by atoms with E-state index in [1.807, 2.05) is 13.0 Å². The summed E-state index contributed by atoms with van der Waals surface area (Å²) < 4.78 is 3.12. The SMILES string of the molecule is CC(=O)c1cc(-c2c(C)cc(C)c(=O)n2C)nn1C. The number of carbonyl (C=O) groups is 1. The van der Waals surface area contributed by atoms with Crippen LogP contribution in [-0.2, 0) is 14.1 Å². The summed E-state index contributed by atoms with van der Waals surface area (Å²) in [7, 11) is 3.45. The minimum atomic E-state index is -0.0457. The second-order valence-electron chi connectivity index (χ2n) is 4.82. The molecule has 0 fully saturated rings. The molecule has 0 atom stereocenters. The summed E-state index contributed by atoms with van der Waals surface area (Å²) in [6.45, 7) is 5.23. The van der Waals surface area contributed by atoms with E-state index >= 15 is 0 Å². The number of pyridine rings is 1.